The quantitative estimate of drug-likeness (QED) is 0.815. The van der Waals surface area contributed by atoms with Crippen molar-refractivity contribution < 1.29 is 0 Å². The normalized spacial score (nSPS) is 21.6. The molecule has 0 unspecified atom stereocenters. The van der Waals surface area contributed by atoms with Gasteiger partial charge in [0, 0.05) is 31.2 Å². The zero-order valence-corrected chi connectivity index (χ0v) is 11.3. The van der Waals surface area contributed by atoms with Crippen molar-refractivity contribution >= 4 is 5.82 Å². The molecule has 1 aromatic rings. The molecule has 0 N–H and O–H groups in total. The largest absolute Gasteiger partial charge is 0.356 e. The predicted molar refractivity (Wildman–Crippen MR) is 72.9 cm³/mol. The van der Waals surface area contributed by atoms with E-state index in [0.717, 1.165) is 30.8 Å². The summed E-state index contributed by atoms with van der Waals surface area (Å²) in [5, 5.41) is 0. The van der Waals surface area contributed by atoms with Crippen LogP contribution in [0, 0.1) is 0 Å². The van der Waals surface area contributed by atoms with E-state index < -0.39 is 0 Å². The summed E-state index contributed by atoms with van der Waals surface area (Å²) >= 11 is 0. The molecular formula is C14H22N4. The highest BCUT2D eigenvalue weighted by Crippen LogP contribution is 2.38. The van der Waals surface area contributed by atoms with E-state index in [9.17, 15) is 0 Å². The molecule has 1 aliphatic carbocycles. The number of hydrogen-bond acceptors (Lipinski definition) is 4. The number of rotatable bonds is 3. The monoisotopic (exact) mass is 246 g/mol. The molecule has 1 aromatic heterocycles. The van der Waals surface area contributed by atoms with Crippen molar-refractivity contribution in [2.24, 2.45) is 0 Å². The summed E-state index contributed by atoms with van der Waals surface area (Å²) < 4.78 is 0. The highest BCUT2D eigenvalue weighted by atomic mass is 15.2. The van der Waals surface area contributed by atoms with Crippen LogP contribution in [0.5, 0.6) is 0 Å². The van der Waals surface area contributed by atoms with Gasteiger partial charge in [-0.15, -0.1) is 0 Å². The molecule has 0 spiro atoms. The van der Waals surface area contributed by atoms with Crippen LogP contribution in [-0.4, -0.2) is 48.1 Å². The topological polar surface area (TPSA) is 32.3 Å². The molecule has 1 saturated carbocycles. The van der Waals surface area contributed by atoms with E-state index in [-0.39, 0.29) is 0 Å². The average Bonchev–Trinajstić information content (AvgIpc) is 3.23. The zero-order chi connectivity index (χ0) is 12.5. The van der Waals surface area contributed by atoms with Gasteiger partial charge in [-0.25, -0.2) is 9.97 Å². The van der Waals surface area contributed by atoms with Gasteiger partial charge in [-0.1, -0.05) is 0 Å². The summed E-state index contributed by atoms with van der Waals surface area (Å²) in [7, 11) is 4.35. The number of anilines is 1. The maximum atomic E-state index is 4.73. The maximum absolute atomic E-state index is 4.73. The zero-order valence-electron chi connectivity index (χ0n) is 11.3. The lowest BCUT2D eigenvalue weighted by molar-refractivity contribution is 0.249. The van der Waals surface area contributed by atoms with Gasteiger partial charge in [0.05, 0.1) is 0 Å². The molecule has 1 saturated heterocycles. The lowest BCUT2D eigenvalue weighted by Gasteiger charge is -2.35. The molecule has 4 heteroatoms. The van der Waals surface area contributed by atoms with Crippen molar-refractivity contribution in [3.05, 3.63) is 18.1 Å². The summed E-state index contributed by atoms with van der Waals surface area (Å²) in [6.45, 7) is 2.23. The minimum atomic E-state index is 0.643. The average molecular weight is 246 g/mol. The first-order chi connectivity index (χ1) is 8.74. The Labute approximate surface area is 109 Å². The summed E-state index contributed by atoms with van der Waals surface area (Å²) in [6.07, 6.45) is 6.93. The summed E-state index contributed by atoms with van der Waals surface area (Å²) in [6, 6.07) is 2.79. The van der Waals surface area contributed by atoms with Crippen molar-refractivity contribution in [2.45, 2.75) is 37.6 Å². The first-order valence-electron chi connectivity index (χ1n) is 6.98. The molecule has 2 fully saturated rings. The Hall–Kier alpha value is -1.16. The van der Waals surface area contributed by atoms with Crippen molar-refractivity contribution in [1.82, 2.24) is 14.9 Å². The van der Waals surface area contributed by atoms with Crippen LogP contribution in [0.1, 0.15) is 37.4 Å². The molecule has 2 aliphatic rings. The molecule has 0 atom stereocenters. The van der Waals surface area contributed by atoms with Gasteiger partial charge in [-0.3, -0.25) is 0 Å². The number of aromatic nitrogens is 2. The van der Waals surface area contributed by atoms with E-state index in [2.05, 4.69) is 34.9 Å². The molecule has 18 heavy (non-hydrogen) atoms. The molecular weight excluding hydrogens is 224 g/mol. The van der Waals surface area contributed by atoms with Gasteiger partial charge in [-0.2, -0.15) is 0 Å². The standard InChI is InChI=1S/C14H22N4/c1-17(2)12-6-9-18(10-7-12)13-5-8-15-14(16-13)11-3-4-11/h5,8,11-12H,3-4,6-7,9-10H2,1-2H3. The second-order valence-electron chi connectivity index (χ2n) is 5.73. The molecule has 4 nitrogen and oxygen atoms in total. The van der Waals surface area contributed by atoms with Crippen LogP contribution in [0.3, 0.4) is 0 Å². The number of hydrogen-bond donors (Lipinski definition) is 0. The maximum Gasteiger partial charge on any atom is 0.133 e. The van der Waals surface area contributed by atoms with Crippen LogP contribution in [0.15, 0.2) is 12.3 Å². The third-order valence-electron chi connectivity index (χ3n) is 4.12. The van der Waals surface area contributed by atoms with Crippen LogP contribution in [0.25, 0.3) is 0 Å². The van der Waals surface area contributed by atoms with Gasteiger partial charge in [0.1, 0.15) is 11.6 Å². The Morgan fingerprint density at radius 2 is 1.89 bits per heavy atom. The van der Waals surface area contributed by atoms with Crippen molar-refractivity contribution in [3.8, 4) is 0 Å². The van der Waals surface area contributed by atoms with Crippen LogP contribution in [-0.2, 0) is 0 Å². The van der Waals surface area contributed by atoms with E-state index in [1.54, 1.807) is 0 Å². The highest BCUT2D eigenvalue weighted by Gasteiger charge is 2.27. The SMILES string of the molecule is CN(C)C1CCN(c2ccnc(C3CC3)n2)CC1. The Kier molecular flexibility index (Phi) is 3.20. The van der Waals surface area contributed by atoms with Crippen LogP contribution < -0.4 is 4.90 Å². The molecule has 2 heterocycles. The Morgan fingerprint density at radius 3 is 2.50 bits per heavy atom. The molecule has 1 aliphatic heterocycles. The third-order valence-corrected chi connectivity index (χ3v) is 4.12. The molecule has 0 radical (unpaired) electrons. The summed E-state index contributed by atoms with van der Waals surface area (Å²) in [4.78, 5) is 13.9. The molecule has 0 bridgehead atoms. The minimum absolute atomic E-state index is 0.643. The lowest BCUT2D eigenvalue weighted by atomic mass is 10.0. The van der Waals surface area contributed by atoms with E-state index in [0.29, 0.717) is 5.92 Å². The van der Waals surface area contributed by atoms with E-state index in [1.165, 1.54) is 25.7 Å². The summed E-state index contributed by atoms with van der Waals surface area (Å²) in [5.74, 6) is 2.83. The fraction of sp³-hybridized carbons (Fsp3) is 0.714. The molecule has 98 valence electrons. The van der Waals surface area contributed by atoms with E-state index >= 15 is 0 Å². The van der Waals surface area contributed by atoms with Gasteiger partial charge in [-0.05, 0) is 45.8 Å². The van der Waals surface area contributed by atoms with Gasteiger partial charge in [0.15, 0.2) is 0 Å². The first-order valence-corrected chi connectivity index (χ1v) is 6.98. The number of nitrogens with zero attached hydrogens (tertiary/aromatic N) is 4. The first kappa shape index (κ1) is 11.9. The minimum Gasteiger partial charge on any atom is -0.356 e. The van der Waals surface area contributed by atoms with Crippen LogP contribution >= 0.6 is 0 Å². The van der Waals surface area contributed by atoms with Crippen LogP contribution in [0.2, 0.25) is 0 Å². The van der Waals surface area contributed by atoms with E-state index in [4.69, 9.17) is 4.98 Å². The lowest BCUT2D eigenvalue weighted by Crippen LogP contribution is -2.42. The Morgan fingerprint density at radius 1 is 1.17 bits per heavy atom. The van der Waals surface area contributed by atoms with Gasteiger partial charge in [0.25, 0.3) is 0 Å². The predicted octanol–water partition coefficient (Wildman–Crippen LogP) is 1.88. The van der Waals surface area contributed by atoms with Crippen LogP contribution in [0.4, 0.5) is 5.82 Å². The Balaban J connectivity index is 1.66. The van der Waals surface area contributed by atoms with E-state index in [1.807, 2.05) is 6.20 Å². The van der Waals surface area contributed by atoms with Crippen molar-refractivity contribution in [1.29, 1.82) is 0 Å². The van der Waals surface area contributed by atoms with Gasteiger partial charge >= 0.3 is 0 Å². The third kappa shape index (κ3) is 2.48. The van der Waals surface area contributed by atoms with Gasteiger partial charge in [0.2, 0.25) is 0 Å². The Bertz CT molecular complexity index is 406. The molecule has 0 amide bonds. The van der Waals surface area contributed by atoms with Crippen molar-refractivity contribution in [2.75, 3.05) is 32.1 Å². The highest BCUT2D eigenvalue weighted by molar-refractivity contribution is 5.38. The van der Waals surface area contributed by atoms with Gasteiger partial charge < -0.3 is 9.80 Å². The second-order valence-corrected chi connectivity index (χ2v) is 5.73. The number of piperidine rings is 1. The van der Waals surface area contributed by atoms with Crippen molar-refractivity contribution in [3.63, 3.8) is 0 Å². The molecule has 0 aromatic carbocycles. The fourth-order valence-corrected chi connectivity index (χ4v) is 2.69. The smallest absolute Gasteiger partial charge is 0.133 e. The fourth-order valence-electron chi connectivity index (χ4n) is 2.69. The molecule has 3 rings (SSSR count). The second kappa shape index (κ2) is 4.84. The summed E-state index contributed by atoms with van der Waals surface area (Å²) in [5.41, 5.74) is 0.